The van der Waals surface area contributed by atoms with Crippen LogP contribution in [0.3, 0.4) is 0 Å². The van der Waals surface area contributed by atoms with Crippen molar-refractivity contribution in [2.75, 3.05) is 0 Å². The van der Waals surface area contributed by atoms with Gasteiger partial charge < -0.3 is 5.73 Å². The lowest BCUT2D eigenvalue weighted by molar-refractivity contribution is 0.373. The highest BCUT2D eigenvalue weighted by molar-refractivity contribution is 5.36. The minimum absolute atomic E-state index is 0.0879. The summed E-state index contributed by atoms with van der Waals surface area (Å²) in [5.41, 5.74) is 4.13. The lowest BCUT2D eigenvalue weighted by Crippen LogP contribution is -2.10. The summed E-state index contributed by atoms with van der Waals surface area (Å²) >= 11 is 0. The Kier molecular flexibility index (Phi) is 2.99. The largest absolute Gasteiger partial charge is 0.325 e. The lowest BCUT2D eigenvalue weighted by atomic mass is 10.2. The summed E-state index contributed by atoms with van der Waals surface area (Å²) in [5.74, 6) is -10.3. The molecule has 4 nitrogen and oxygen atoms in total. The maximum Gasteiger partial charge on any atom is 0.200 e. The van der Waals surface area contributed by atoms with Gasteiger partial charge in [0.25, 0.3) is 0 Å². The fourth-order valence-electron chi connectivity index (χ4n) is 1.30. The third-order valence-corrected chi connectivity index (χ3v) is 2.17. The van der Waals surface area contributed by atoms with Crippen LogP contribution in [0, 0.1) is 29.1 Å². The average Bonchev–Trinajstić information content (AvgIpc) is 2.83. The molecule has 0 amide bonds. The molecule has 2 rings (SSSR count). The molecule has 0 atom stereocenters. The van der Waals surface area contributed by atoms with Crippen LogP contribution in [-0.4, -0.2) is 15.0 Å². The summed E-state index contributed by atoms with van der Waals surface area (Å²) < 4.78 is 65.8. The number of halogens is 5. The third-order valence-electron chi connectivity index (χ3n) is 2.17. The minimum atomic E-state index is -2.23. The Hall–Kier alpha value is -2.03. The second kappa shape index (κ2) is 4.33. The van der Waals surface area contributed by atoms with Crippen LogP contribution in [0.5, 0.6) is 0 Å². The number of nitrogens with two attached hydrogens (primary N) is 1. The molecule has 0 unspecified atom stereocenters. The van der Waals surface area contributed by atoms with E-state index in [-0.39, 0.29) is 12.2 Å². The van der Waals surface area contributed by atoms with Crippen LogP contribution < -0.4 is 5.73 Å². The van der Waals surface area contributed by atoms with Gasteiger partial charge in [0.1, 0.15) is 5.69 Å². The van der Waals surface area contributed by atoms with E-state index in [4.69, 9.17) is 5.73 Å². The van der Waals surface area contributed by atoms with Crippen LogP contribution in [0.4, 0.5) is 22.0 Å². The molecule has 9 heteroatoms. The Morgan fingerprint density at radius 1 is 0.944 bits per heavy atom. The van der Waals surface area contributed by atoms with E-state index in [9.17, 15) is 22.0 Å². The molecule has 2 N–H and O–H groups in total. The first-order valence-electron chi connectivity index (χ1n) is 4.60. The molecule has 2 aromatic rings. The quantitative estimate of drug-likeness (QED) is 0.507. The monoisotopic (exact) mass is 264 g/mol. The first-order valence-corrected chi connectivity index (χ1v) is 4.60. The molecule has 0 aliphatic carbocycles. The maximum atomic E-state index is 13.4. The van der Waals surface area contributed by atoms with Crippen molar-refractivity contribution in [2.45, 2.75) is 6.54 Å². The summed E-state index contributed by atoms with van der Waals surface area (Å²) in [7, 11) is 0. The Labute approximate surface area is 96.8 Å². The Balaban J connectivity index is 2.71. The summed E-state index contributed by atoms with van der Waals surface area (Å²) in [6.45, 7) is -0.0879. The number of hydrogen-bond acceptors (Lipinski definition) is 3. The summed E-state index contributed by atoms with van der Waals surface area (Å²) in [6, 6.07) is 0. The van der Waals surface area contributed by atoms with Gasteiger partial charge in [-0.2, -0.15) is 0 Å². The Morgan fingerprint density at radius 3 is 1.89 bits per heavy atom. The molecular formula is C9H5F5N4. The van der Waals surface area contributed by atoms with Crippen LogP contribution in [-0.2, 0) is 6.54 Å². The Morgan fingerprint density at radius 2 is 1.44 bits per heavy atom. The van der Waals surface area contributed by atoms with Crippen LogP contribution in [0.25, 0.3) is 5.69 Å². The molecule has 0 saturated heterocycles. The van der Waals surface area contributed by atoms with Crippen molar-refractivity contribution in [2.24, 2.45) is 5.73 Å². The van der Waals surface area contributed by atoms with Gasteiger partial charge in [-0.25, -0.2) is 26.6 Å². The zero-order valence-corrected chi connectivity index (χ0v) is 8.59. The van der Waals surface area contributed by atoms with E-state index >= 15 is 0 Å². The predicted octanol–water partition coefficient (Wildman–Crippen LogP) is 1.42. The number of rotatable bonds is 2. The molecule has 1 heterocycles. The normalized spacial score (nSPS) is 11.0. The van der Waals surface area contributed by atoms with Gasteiger partial charge in [0.05, 0.1) is 11.9 Å². The molecule has 0 aliphatic heterocycles. The molecule has 1 aromatic heterocycles. The van der Waals surface area contributed by atoms with Crippen LogP contribution >= 0.6 is 0 Å². The fourth-order valence-corrected chi connectivity index (χ4v) is 1.30. The number of hydrogen-bond donors (Lipinski definition) is 1. The van der Waals surface area contributed by atoms with Gasteiger partial charge >= 0.3 is 0 Å². The second-order valence-corrected chi connectivity index (χ2v) is 3.28. The molecule has 0 bridgehead atoms. The molecule has 18 heavy (non-hydrogen) atoms. The zero-order valence-electron chi connectivity index (χ0n) is 8.59. The van der Waals surface area contributed by atoms with Crippen LogP contribution in [0.15, 0.2) is 6.20 Å². The van der Waals surface area contributed by atoms with E-state index in [1.54, 1.807) is 0 Å². The predicted molar refractivity (Wildman–Crippen MR) is 49.0 cm³/mol. The van der Waals surface area contributed by atoms with Crippen molar-refractivity contribution in [3.05, 3.63) is 41.0 Å². The minimum Gasteiger partial charge on any atom is -0.325 e. The molecule has 0 aliphatic rings. The first kappa shape index (κ1) is 12.4. The molecule has 0 fully saturated rings. The fraction of sp³-hybridized carbons (Fsp3) is 0.111. The van der Waals surface area contributed by atoms with Gasteiger partial charge in [-0.15, -0.1) is 5.10 Å². The van der Waals surface area contributed by atoms with Crippen LogP contribution in [0.1, 0.15) is 5.69 Å². The van der Waals surface area contributed by atoms with Gasteiger partial charge in [0.15, 0.2) is 23.3 Å². The van der Waals surface area contributed by atoms with E-state index in [0.717, 1.165) is 6.20 Å². The highest BCUT2D eigenvalue weighted by Crippen LogP contribution is 2.25. The summed E-state index contributed by atoms with van der Waals surface area (Å²) in [4.78, 5) is 0. The summed E-state index contributed by atoms with van der Waals surface area (Å²) in [6.07, 6.45) is 0.971. The van der Waals surface area contributed by atoms with Gasteiger partial charge in [-0.05, 0) is 0 Å². The first-order chi connectivity index (χ1) is 8.47. The van der Waals surface area contributed by atoms with Gasteiger partial charge in [0.2, 0.25) is 5.82 Å². The average molecular weight is 264 g/mol. The number of benzene rings is 1. The van der Waals surface area contributed by atoms with Crippen molar-refractivity contribution in [1.82, 2.24) is 15.0 Å². The van der Waals surface area contributed by atoms with Gasteiger partial charge in [-0.1, -0.05) is 5.21 Å². The van der Waals surface area contributed by atoms with E-state index in [0.29, 0.717) is 4.68 Å². The molecule has 0 spiro atoms. The third kappa shape index (κ3) is 1.72. The smallest absolute Gasteiger partial charge is 0.200 e. The van der Waals surface area contributed by atoms with Gasteiger partial charge in [-0.3, -0.25) is 0 Å². The maximum absolute atomic E-state index is 13.4. The van der Waals surface area contributed by atoms with Crippen LogP contribution in [0.2, 0.25) is 0 Å². The van der Waals surface area contributed by atoms with Gasteiger partial charge in [0, 0.05) is 6.54 Å². The van der Waals surface area contributed by atoms with Crippen molar-refractivity contribution in [1.29, 1.82) is 0 Å². The topological polar surface area (TPSA) is 56.7 Å². The highest BCUT2D eigenvalue weighted by atomic mass is 19.2. The number of aromatic nitrogens is 3. The highest BCUT2D eigenvalue weighted by Gasteiger charge is 2.27. The van der Waals surface area contributed by atoms with E-state index in [2.05, 4.69) is 10.3 Å². The van der Waals surface area contributed by atoms with E-state index in [1.165, 1.54) is 0 Å². The molecule has 0 saturated carbocycles. The molecule has 96 valence electrons. The summed E-state index contributed by atoms with van der Waals surface area (Å²) in [5, 5.41) is 6.63. The lowest BCUT2D eigenvalue weighted by Gasteiger charge is -2.06. The van der Waals surface area contributed by atoms with E-state index < -0.39 is 34.8 Å². The van der Waals surface area contributed by atoms with E-state index in [1.807, 2.05) is 0 Å². The Bertz CT molecular complexity index is 580. The van der Waals surface area contributed by atoms with Crippen molar-refractivity contribution < 1.29 is 22.0 Å². The number of nitrogens with zero attached hydrogens (tertiary/aromatic N) is 3. The molecule has 1 aromatic carbocycles. The van der Waals surface area contributed by atoms with Crippen molar-refractivity contribution >= 4 is 0 Å². The second-order valence-electron chi connectivity index (χ2n) is 3.28. The standard InChI is InChI=1S/C9H5F5N4/c10-4-5(11)7(13)9(8(14)6(4)12)18-2-3(1-15)16-17-18/h2H,1,15H2. The molecular weight excluding hydrogens is 259 g/mol. The SMILES string of the molecule is NCc1cn(-c2c(F)c(F)c(F)c(F)c2F)nn1. The van der Waals surface area contributed by atoms with Crippen molar-refractivity contribution in [3.8, 4) is 5.69 Å². The van der Waals surface area contributed by atoms with Crippen molar-refractivity contribution in [3.63, 3.8) is 0 Å². The molecule has 0 radical (unpaired) electrons. The zero-order chi connectivity index (χ0) is 13.4.